The highest BCUT2D eigenvalue weighted by atomic mass is 15.1. The summed E-state index contributed by atoms with van der Waals surface area (Å²) < 4.78 is 0. The summed E-state index contributed by atoms with van der Waals surface area (Å²) in [6.07, 6.45) is 1.07. The van der Waals surface area contributed by atoms with E-state index < -0.39 is 0 Å². The zero-order valence-corrected chi connectivity index (χ0v) is 9.96. The first kappa shape index (κ1) is 12.5. The third-order valence-electron chi connectivity index (χ3n) is 2.31. The molecule has 4 N–H and O–H groups in total. The van der Waals surface area contributed by atoms with Crippen LogP contribution >= 0.6 is 0 Å². The van der Waals surface area contributed by atoms with Gasteiger partial charge in [0.15, 0.2) is 0 Å². The Hall–Kier alpha value is -1.55. The van der Waals surface area contributed by atoms with E-state index in [1.54, 1.807) is 0 Å². The molecule has 0 saturated heterocycles. The molecule has 1 aromatic carbocycles. The molecule has 0 radical (unpaired) electrons. The van der Waals surface area contributed by atoms with E-state index in [4.69, 9.17) is 11.1 Å². The van der Waals surface area contributed by atoms with Gasteiger partial charge in [-0.2, -0.15) is 0 Å². The molecule has 4 nitrogen and oxygen atoms in total. The number of amidine groups is 1. The number of nitrogens with two attached hydrogens (primary N) is 1. The molecule has 0 saturated carbocycles. The van der Waals surface area contributed by atoms with Crippen LogP contribution in [0.3, 0.4) is 0 Å². The van der Waals surface area contributed by atoms with Gasteiger partial charge >= 0.3 is 0 Å². The second-order valence-electron chi connectivity index (χ2n) is 4.04. The zero-order valence-electron chi connectivity index (χ0n) is 9.96. The number of nitrogens with one attached hydrogen (secondary N) is 2. The van der Waals surface area contributed by atoms with Gasteiger partial charge in [0.1, 0.15) is 5.84 Å². The first-order valence-electron chi connectivity index (χ1n) is 5.43. The van der Waals surface area contributed by atoms with E-state index in [-0.39, 0.29) is 5.84 Å². The van der Waals surface area contributed by atoms with Crippen LogP contribution in [0.15, 0.2) is 24.3 Å². The summed E-state index contributed by atoms with van der Waals surface area (Å²) in [5.74, 6) is 0.107. The average molecular weight is 220 g/mol. The standard InChI is InChI=1S/C12H20N4/c1-16(2)9-5-8-15-11-7-4-3-6-10(11)12(13)14/h3-4,6-7,15H,5,8-9H2,1-2H3,(H3,13,14). The first-order valence-corrected chi connectivity index (χ1v) is 5.43. The van der Waals surface area contributed by atoms with Crippen LogP contribution in [0.5, 0.6) is 0 Å². The van der Waals surface area contributed by atoms with E-state index in [2.05, 4.69) is 24.3 Å². The fourth-order valence-corrected chi connectivity index (χ4v) is 1.49. The fraction of sp³-hybridized carbons (Fsp3) is 0.417. The largest absolute Gasteiger partial charge is 0.384 e. The lowest BCUT2D eigenvalue weighted by atomic mass is 10.1. The number of hydrogen-bond donors (Lipinski definition) is 3. The molecule has 1 rings (SSSR count). The van der Waals surface area contributed by atoms with Crippen molar-refractivity contribution in [2.24, 2.45) is 5.73 Å². The van der Waals surface area contributed by atoms with Gasteiger partial charge in [-0.25, -0.2) is 0 Å². The molecule has 0 atom stereocenters. The minimum absolute atomic E-state index is 0.107. The molecular formula is C12H20N4. The van der Waals surface area contributed by atoms with Crippen molar-refractivity contribution in [2.75, 3.05) is 32.5 Å². The summed E-state index contributed by atoms with van der Waals surface area (Å²) in [6, 6.07) is 7.64. The molecule has 0 aromatic heterocycles. The Labute approximate surface area is 97.0 Å². The monoisotopic (exact) mass is 220 g/mol. The Balaban J connectivity index is 2.50. The number of benzene rings is 1. The van der Waals surface area contributed by atoms with E-state index in [9.17, 15) is 0 Å². The summed E-state index contributed by atoms with van der Waals surface area (Å²) in [7, 11) is 4.12. The van der Waals surface area contributed by atoms with Crippen LogP contribution in [0, 0.1) is 5.41 Å². The molecule has 1 aromatic rings. The molecule has 0 aliphatic heterocycles. The minimum atomic E-state index is 0.107. The quantitative estimate of drug-likeness (QED) is 0.385. The third-order valence-corrected chi connectivity index (χ3v) is 2.31. The predicted molar refractivity (Wildman–Crippen MR) is 69.1 cm³/mol. The van der Waals surface area contributed by atoms with E-state index in [0.29, 0.717) is 0 Å². The predicted octanol–water partition coefficient (Wildman–Crippen LogP) is 1.33. The molecule has 0 aliphatic carbocycles. The van der Waals surface area contributed by atoms with Gasteiger partial charge in [0, 0.05) is 17.8 Å². The Morgan fingerprint density at radius 2 is 2.06 bits per heavy atom. The molecule has 0 spiro atoms. The van der Waals surface area contributed by atoms with E-state index in [1.807, 2.05) is 24.3 Å². The van der Waals surface area contributed by atoms with Crippen LogP contribution in [0.2, 0.25) is 0 Å². The molecule has 4 heteroatoms. The van der Waals surface area contributed by atoms with Crippen molar-refractivity contribution in [3.05, 3.63) is 29.8 Å². The van der Waals surface area contributed by atoms with E-state index in [0.717, 1.165) is 30.8 Å². The van der Waals surface area contributed by atoms with Gasteiger partial charge in [-0.05, 0) is 39.2 Å². The maximum atomic E-state index is 7.45. The maximum Gasteiger partial charge on any atom is 0.124 e. The highest BCUT2D eigenvalue weighted by Crippen LogP contribution is 2.13. The highest BCUT2D eigenvalue weighted by molar-refractivity contribution is 6.00. The topological polar surface area (TPSA) is 65.1 Å². The third kappa shape index (κ3) is 3.90. The summed E-state index contributed by atoms with van der Waals surface area (Å²) in [4.78, 5) is 2.15. The Morgan fingerprint density at radius 1 is 1.38 bits per heavy atom. The van der Waals surface area contributed by atoms with Crippen molar-refractivity contribution in [3.8, 4) is 0 Å². The lowest BCUT2D eigenvalue weighted by molar-refractivity contribution is 0.405. The second-order valence-corrected chi connectivity index (χ2v) is 4.04. The van der Waals surface area contributed by atoms with Gasteiger partial charge in [0.05, 0.1) is 0 Å². The fourth-order valence-electron chi connectivity index (χ4n) is 1.49. The van der Waals surface area contributed by atoms with E-state index in [1.165, 1.54) is 0 Å². The normalized spacial score (nSPS) is 10.4. The van der Waals surface area contributed by atoms with Gasteiger partial charge in [0.25, 0.3) is 0 Å². The van der Waals surface area contributed by atoms with Gasteiger partial charge in [-0.15, -0.1) is 0 Å². The number of hydrogen-bond acceptors (Lipinski definition) is 3. The van der Waals surface area contributed by atoms with Crippen molar-refractivity contribution >= 4 is 11.5 Å². The second kappa shape index (κ2) is 6.12. The van der Waals surface area contributed by atoms with Gasteiger partial charge < -0.3 is 16.0 Å². The highest BCUT2D eigenvalue weighted by Gasteiger charge is 2.02. The van der Waals surface area contributed by atoms with Crippen molar-refractivity contribution in [3.63, 3.8) is 0 Å². The van der Waals surface area contributed by atoms with Crippen molar-refractivity contribution < 1.29 is 0 Å². The van der Waals surface area contributed by atoms with Crippen molar-refractivity contribution in [1.29, 1.82) is 5.41 Å². The number of anilines is 1. The number of para-hydroxylation sites is 1. The average Bonchev–Trinajstić information content (AvgIpc) is 2.24. The molecule has 0 unspecified atom stereocenters. The molecule has 0 aliphatic rings. The maximum absolute atomic E-state index is 7.45. The molecule has 16 heavy (non-hydrogen) atoms. The smallest absolute Gasteiger partial charge is 0.124 e. The first-order chi connectivity index (χ1) is 7.61. The molecule has 0 fully saturated rings. The lowest BCUT2D eigenvalue weighted by Crippen LogP contribution is -2.18. The van der Waals surface area contributed by atoms with Crippen LogP contribution in [0.4, 0.5) is 5.69 Å². The Morgan fingerprint density at radius 3 is 2.69 bits per heavy atom. The molecular weight excluding hydrogens is 200 g/mol. The Bertz CT molecular complexity index is 347. The summed E-state index contributed by atoms with van der Waals surface area (Å²) >= 11 is 0. The van der Waals surface area contributed by atoms with Gasteiger partial charge in [-0.3, -0.25) is 5.41 Å². The minimum Gasteiger partial charge on any atom is -0.384 e. The molecule has 0 heterocycles. The zero-order chi connectivity index (χ0) is 12.0. The van der Waals surface area contributed by atoms with Crippen LogP contribution in [0.1, 0.15) is 12.0 Å². The van der Waals surface area contributed by atoms with Crippen LogP contribution in [-0.4, -0.2) is 37.9 Å². The summed E-state index contributed by atoms with van der Waals surface area (Å²) in [5, 5.41) is 10.8. The van der Waals surface area contributed by atoms with Crippen LogP contribution < -0.4 is 11.1 Å². The SMILES string of the molecule is CN(C)CCCNc1ccccc1C(=N)N. The van der Waals surface area contributed by atoms with Gasteiger partial charge in [0.2, 0.25) is 0 Å². The molecule has 0 amide bonds. The lowest BCUT2D eigenvalue weighted by Gasteiger charge is -2.12. The number of nitrogens with zero attached hydrogens (tertiary/aromatic N) is 1. The van der Waals surface area contributed by atoms with Crippen LogP contribution in [-0.2, 0) is 0 Å². The van der Waals surface area contributed by atoms with E-state index >= 15 is 0 Å². The van der Waals surface area contributed by atoms with Gasteiger partial charge in [-0.1, -0.05) is 12.1 Å². The summed E-state index contributed by atoms with van der Waals surface area (Å²) in [5.41, 5.74) is 7.21. The van der Waals surface area contributed by atoms with Crippen molar-refractivity contribution in [2.45, 2.75) is 6.42 Å². The number of rotatable bonds is 6. The van der Waals surface area contributed by atoms with Crippen LogP contribution in [0.25, 0.3) is 0 Å². The van der Waals surface area contributed by atoms with Crippen molar-refractivity contribution in [1.82, 2.24) is 4.90 Å². The number of nitrogen functional groups attached to an aromatic ring is 1. The Kier molecular flexibility index (Phi) is 4.79. The summed E-state index contributed by atoms with van der Waals surface area (Å²) in [6.45, 7) is 1.94. The molecule has 0 bridgehead atoms. The molecule has 88 valence electrons.